The van der Waals surface area contributed by atoms with Crippen molar-refractivity contribution in [3.05, 3.63) is 59.7 Å². The van der Waals surface area contributed by atoms with Gasteiger partial charge in [-0.1, -0.05) is 29.8 Å². The largest absolute Gasteiger partial charge is 0.376 e. The molecule has 2 rings (SSSR count). The highest BCUT2D eigenvalue weighted by molar-refractivity contribution is 6.00. The average molecular weight is 411 g/mol. The molecule has 160 valence electrons. The van der Waals surface area contributed by atoms with Gasteiger partial charge in [-0.15, -0.1) is 0 Å². The van der Waals surface area contributed by atoms with Crippen molar-refractivity contribution in [2.24, 2.45) is 0 Å². The van der Waals surface area contributed by atoms with E-state index in [0.717, 1.165) is 5.56 Å². The molecule has 0 heterocycles. The molecule has 0 saturated heterocycles. The second-order valence-corrected chi connectivity index (χ2v) is 7.04. The Morgan fingerprint density at radius 3 is 2.20 bits per heavy atom. The third kappa shape index (κ3) is 6.34. The second kappa shape index (κ2) is 11.0. The number of rotatable bonds is 9. The Balaban J connectivity index is 1.93. The first-order chi connectivity index (χ1) is 14.3. The van der Waals surface area contributed by atoms with Crippen LogP contribution < -0.4 is 10.6 Å². The Labute approximate surface area is 178 Å². The summed E-state index contributed by atoms with van der Waals surface area (Å²) in [7, 11) is 1.58. The van der Waals surface area contributed by atoms with Crippen LogP contribution in [0.15, 0.2) is 48.5 Å². The number of nitrogens with one attached hydrogen (secondary N) is 2. The molecule has 0 fully saturated rings. The van der Waals surface area contributed by atoms with Gasteiger partial charge in [0.15, 0.2) is 0 Å². The molecule has 3 amide bonds. The molecule has 0 saturated carbocycles. The maximum atomic E-state index is 12.7. The van der Waals surface area contributed by atoms with Crippen molar-refractivity contribution in [2.75, 3.05) is 43.9 Å². The third-order valence-electron chi connectivity index (χ3n) is 4.78. The Bertz CT molecular complexity index is 876. The molecule has 0 radical (unpaired) electrons. The maximum Gasteiger partial charge on any atom is 0.255 e. The number of likely N-dealkylation sites (N-methyl/N-ethyl adjacent to an activating group) is 1. The average Bonchev–Trinajstić information content (AvgIpc) is 2.74. The van der Waals surface area contributed by atoms with E-state index in [4.69, 9.17) is 0 Å². The van der Waals surface area contributed by atoms with Gasteiger partial charge in [0.25, 0.3) is 5.91 Å². The van der Waals surface area contributed by atoms with E-state index >= 15 is 0 Å². The Hall–Kier alpha value is -3.35. The minimum absolute atomic E-state index is 0.0170. The van der Waals surface area contributed by atoms with E-state index in [1.54, 1.807) is 30.1 Å². The molecule has 0 aliphatic carbocycles. The van der Waals surface area contributed by atoms with E-state index in [2.05, 4.69) is 10.6 Å². The predicted octanol–water partition coefficient (Wildman–Crippen LogP) is 2.99. The number of hydrogen-bond donors (Lipinski definition) is 2. The summed E-state index contributed by atoms with van der Waals surface area (Å²) in [5, 5.41) is 5.81. The summed E-state index contributed by atoms with van der Waals surface area (Å²) < 4.78 is 0. The number of anilines is 2. The molecule has 30 heavy (non-hydrogen) atoms. The molecule has 7 nitrogen and oxygen atoms in total. The highest BCUT2D eigenvalue weighted by Gasteiger charge is 2.18. The lowest BCUT2D eigenvalue weighted by Crippen LogP contribution is -2.38. The Kier molecular flexibility index (Phi) is 8.41. The van der Waals surface area contributed by atoms with E-state index in [1.807, 2.05) is 51.1 Å². The quantitative estimate of drug-likeness (QED) is 0.666. The minimum atomic E-state index is -0.271. The number of nitrogens with zero attached hydrogens (tertiary/aromatic N) is 2. The van der Waals surface area contributed by atoms with Crippen molar-refractivity contribution in [2.45, 2.75) is 20.8 Å². The minimum Gasteiger partial charge on any atom is -0.376 e. The molecular weight excluding hydrogens is 380 g/mol. The van der Waals surface area contributed by atoms with Crippen LogP contribution >= 0.6 is 0 Å². The fourth-order valence-corrected chi connectivity index (χ4v) is 2.95. The molecule has 0 atom stereocenters. The van der Waals surface area contributed by atoms with Crippen LogP contribution in [0.4, 0.5) is 11.4 Å². The van der Waals surface area contributed by atoms with Crippen molar-refractivity contribution in [3.8, 4) is 0 Å². The van der Waals surface area contributed by atoms with Crippen molar-refractivity contribution >= 4 is 29.1 Å². The molecule has 0 aromatic heterocycles. The molecule has 0 aliphatic heterocycles. The topological polar surface area (TPSA) is 81.8 Å². The number of para-hydroxylation sites is 1. The van der Waals surface area contributed by atoms with Crippen LogP contribution in [-0.4, -0.2) is 60.7 Å². The number of amides is 3. The van der Waals surface area contributed by atoms with Crippen LogP contribution in [0.2, 0.25) is 0 Å². The van der Waals surface area contributed by atoms with Crippen molar-refractivity contribution in [1.29, 1.82) is 0 Å². The van der Waals surface area contributed by atoms with Gasteiger partial charge >= 0.3 is 0 Å². The van der Waals surface area contributed by atoms with Crippen LogP contribution in [0.3, 0.4) is 0 Å². The van der Waals surface area contributed by atoms with Gasteiger partial charge in [-0.2, -0.15) is 0 Å². The lowest BCUT2D eigenvalue weighted by atomic mass is 10.1. The van der Waals surface area contributed by atoms with Crippen LogP contribution in [0, 0.1) is 6.92 Å². The van der Waals surface area contributed by atoms with E-state index in [9.17, 15) is 14.4 Å². The summed E-state index contributed by atoms with van der Waals surface area (Å²) in [6.07, 6.45) is 0. The van der Waals surface area contributed by atoms with Gasteiger partial charge in [0, 0.05) is 31.5 Å². The second-order valence-electron chi connectivity index (χ2n) is 7.04. The van der Waals surface area contributed by atoms with Crippen LogP contribution in [0.25, 0.3) is 0 Å². The fourth-order valence-electron chi connectivity index (χ4n) is 2.95. The molecule has 2 N–H and O–H groups in total. The van der Waals surface area contributed by atoms with Gasteiger partial charge in [0.2, 0.25) is 11.8 Å². The number of carbonyl (C=O) groups excluding carboxylic acids is 3. The third-order valence-corrected chi connectivity index (χ3v) is 4.78. The monoisotopic (exact) mass is 410 g/mol. The molecular formula is C23H30N4O3. The normalized spacial score (nSPS) is 10.3. The Morgan fingerprint density at radius 2 is 1.57 bits per heavy atom. The van der Waals surface area contributed by atoms with Gasteiger partial charge in [-0.3, -0.25) is 14.4 Å². The van der Waals surface area contributed by atoms with Crippen LogP contribution in [0.1, 0.15) is 29.8 Å². The summed E-state index contributed by atoms with van der Waals surface area (Å²) in [5.74, 6) is -0.604. The van der Waals surface area contributed by atoms with E-state index in [0.29, 0.717) is 30.0 Å². The first-order valence-electron chi connectivity index (χ1n) is 10.1. The lowest BCUT2D eigenvalue weighted by Gasteiger charge is -2.21. The highest BCUT2D eigenvalue weighted by Crippen LogP contribution is 2.17. The SMILES string of the molecule is CCN(CC)C(=O)c1ccccc1NCC(=O)N(C)CC(=O)Nc1ccc(C)cc1. The zero-order valence-corrected chi connectivity index (χ0v) is 18.1. The molecule has 2 aromatic carbocycles. The zero-order valence-electron chi connectivity index (χ0n) is 18.1. The summed E-state index contributed by atoms with van der Waals surface area (Å²) in [6.45, 7) is 6.97. The smallest absolute Gasteiger partial charge is 0.255 e. The highest BCUT2D eigenvalue weighted by atomic mass is 16.2. The lowest BCUT2D eigenvalue weighted by molar-refractivity contribution is -0.131. The number of hydrogen-bond acceptors (Lipinski definition) is 4. The zero-order chi connectivity index (χ0) is 22.1. The molecule has 2 aromatic rings. The summed E-state index contributed by atoms with van der Waals surface area (Å²) in [4.78, 5) is 40.4. The molecule has 0 spiro atoms. The number of carbonyl (C=O) groups is 3. The van der Waals surface area contributed by atoms with Gasteiger partial charge in [-0.05, 0) is 45.0 Å². The fraction of sp³-hybridized carbons (Fsp3) is 0.348. The van der Waals surface area contributed by atoms with E-state index < -0.39 is 0 Å². The van der Waals surface area contributed by atoms with Gasteiger partial charge < -0.3 is 20.4 Å². The first-order valence-corrected chi connectivity index (χ1v) is 10.1. The van der Waals surface area contributed by atoms with Crippen molar-refractivity contribution in [1.82, 2.24) is 9.80 Å². The molecule has 0 unspecified atom stereocenters. The summed E-state index contributed by atoms with van der Waals surface area (Å²) in [6, 6.07) is 14.6. The van der Waals surface area contributed by atoms with Crippen LogP contribution in [-0.2, 0) is 9.59 Å². The first kappa shape index (κ1) is 22.9. The van der Waals surface area contributed by atoms with Crippen molar-refractivity contribution in [3.63, 3.8) is 0 Å². The number of benzene rings is 2. The van der Waals surface area contributed by atoms with Gasteiger partial charge in [0.1, 0.15) is 0 Å². The van der Waals surface area contributed by atoms with Gasteiger partial charge in [0.05, 0.1) is 18.7 Å². The summed E-state index contributed by atoms with van der Waals surface area (Å²) in [5.41, 5.74) is 2.91. The predicted molar refractivity (Wildman–Crippen MR) is 120 cm³/mol. The molecule has 0 bridgehead atoms. The standard InChI is InChI=1S/C23H30N4O3/c1-5-27(6-2)23(30)19-9-7-8-10-20(19)24-15-22(29)26(4)16-21(28)25-18-13-11-17(3)12-14-18/h7-14,24H,5-6,15-16H2,1-4H3,(H,25,28). The molecule has 7 heteroatoms. The van der Waals surface area contributed by atoms with Crippen LogP contribution in [0.5, 0.6) is 0 Å². The number of aryl methyl sites for hydroxylation is 1. The Morgan fingerprint density at radius 1 is 0.933 bits per heavy atom. The molecule has 0 aliphatic rings. The van der Waals surface area contributed by atoms with Crippen molar-refractivity contribution < 1.29 is 14.4 Å². The van der Waals surface area contributed by atoms with E-state index in [1.165, 1.54) is 4.90 Å². The summed E-state index contributed by atoms with van der Waals surface area (Å²) >= 11 is 0. The maximum absolute atomic E-state index is 12.7. The van der Waals surface area contributed by atoms with Gasteiger partial charge in [-0.25, -0.2) is 0 Å². The van der Waals surface area contributed by atoms with E-state index in [-0.39, 0.29) is 30.8 Å².